The zero-order chi connectivity index (χ0) is 20.4. The maximum absolute atomic E-state index is 12.9. The predicted octanol–water partition coefficient (Wildman–Crippen LogP) is 3.35. The molecule has 3 heterocycles. The molecule has 1 aliphatic rings. The van der Waals surface area contributed by atoms with E-state index in [1.54, 1.807) is 11.1 Å². The number of rotatable bonds is 6. The van der Waals surface area contributed by atoms with Gasteiger partial charge in [-0.3, -0.25) is 9.69 Å². The summed E-state index contributed by atoms with van der Waals surface area (Å²) in [7, 11) is 0. The second kappa shape index (κ2) is 8.21. The molecule has 1 aliphatic heterocycles. The lowest BCUT2D eigenvalue weighted by Crippen LogP contribution is -2.37. The van der Waals surface area contributed by atoms with Gasteiger partial charge in [0.1, 0.15) is 5.76 Å². The van der Waals surface area contributed by atoms with E-state index >= 15 is 0 Å². The summed E-state index contributed by atoms with van der Waals surface area (Å²) in [6.45, 7) is 8.39. The minimum absolute atomic E-state index is 0.0335. The van der Waals surface area contributed by atoms with Crippen LogP contribution < -0.4 is 5.32 Å². The molecule has 2 aromatic heterocycles. The highest BCUT2D eigenvalue weighted by molar-refractivity contribution is 5.93. The lowest BCUT2D eigenvalue weighted by Gasteiger charge is -2.25. The molecule has 152 valence electrons. The van der Waals surface area contributed by atoms with Crippen LogP contribution in [0.2, 0.25) is 0 Å². The minimum Gasteiger partial charge on any atom is -0.468 e. The lowest BCUT2D eigenvalue weighted by atomic mass is 10.1. The van der Waals surface area contributed by atoms with E-state index in [9.17, 15) is 4.79 Å². The van der Waals surface area contributed by atoms with Crippen molar-refractivity contribution in [3.05, 3.63) is 64.9 Å². The van der Waals surface area contributed by atoms with Crippen molar-refractivity contribution >= 4 is 5.91 Å². The highest BCUT2D eigenvalue weighted by Crippen LogP contribution is 2.25. The van der Waals surface area contributed by atoms with E-state index < -0.39 is 0 Å². The fraction of sp³-hybridized carbons (Fsp3) is 0.409. The summed E-state index contributed by atoms with van der Waals surface area (Å²) in [6.07, 6.45) is 4.03. The summed E-state index contributed by atoms with van der Waals surface area (Å²) in [5.74, 6) is 0.664. The number of amides is 1. The first-order valence-corrected chi connectivity index (χ1v) is 10.1. The van der Waals surface area contributed by atoms with Crippen LogP contribution in [-0.4, -0.2) is 45.4 Å². The van der Waals surface area contributed by atoms with Gasteiger partial charge in [-0.1, -0.05) is 17.7 Å². The van der Waals surface area contributed by atoms with Crippen LogP contribution >= 0.6 is 0 Å². The quantitative estimate of drug-likeness (QED) is 0.695. The fourth-order valence-corrected chi connectivity index (χ4v) is 3.94. The summed E-state index contributed by atoms with van der Waals surface area (Å²) in [6, 6.07) is 9.97. The van der Waals surface area contributed by atoms with Crippen LogP contribution in [0.4, 0.5) is 0 Å². The third-order valence-electron chi connectivity index (χ3n) is 5.47. The molecule has 0 aliphatic carbocycles. The Morgan fingerprint density at radius 1 is 1.17 bits per heavy atom. The zero-order valence-electron chi connectivity index (χ0n) is 17.2. The number of benzene rings is 1. The third kappa shape index (κ3) is 4.10. The minimum atomic E-state index is -0.214. The summed E-state index contributed by atoms with van der Waals surface area (Å²) in [5.41, 5.74) is 4.09. The Bertz CT molecular complexity index is 987. The van der Waals surface area contributed by atoms with Crippen LogP contribution in [-0.2, 0) is 0 Å². The summed E-state index contributed by atoms with van der Waals surface area (Å²) < 4.78 is 5.63. The zero-order valence-corrected chi connectivity index (χ0v) is 17.2. The second-order valence-electron chi connectivity index (χ2n) is 7.70. The van der Waals surface area contributed by atoms with Gasteiger partial charge in [-0.05, 0) is 70.5 Å². The van der Waals surface area contributed by atoms with Crippen LogP contribution in [0, 0.1) is 20.8 Å². The first kappa shape index (κ1) is 19.4. The van der Waals surface area contributed by atoms with Crippen LogP contribution in [0.1, 0.15) is 52.0 Å². The van der Waals surface area contributed by atoms with Crippen molar-refractivity contribution in [2.45, 2.75) is 39.7 Å². The van der Waals surface area contributed by atoms with Gasteiger partial charge in [0.25, 0.3) is 5.91 Å². The van der Waals surface area contributed by atoms with Crippen molar-refractivity contribution in [1.82, 2.24) is 25.2 Å². The van der Waals surface area contributed by atoms with Gasteiger partial charge in [0.15, 0.2) is 5.69 Å². The van der Waals surface area contributed by atoms with Gasteiger partial charge >= 0.3 is 0 Å². The monoisotopic (exact) mass is 393 g/mol. The van der Waals surface area contributed by atoms with E-state index in [2.05, 4.69) is 26.5 Å². The van der Waals surface area contributed by atoms with E-state index in [-0.39, 0.29) is 11.9 Å². The Morgan fingerprint density at radius 2 is 1.97 bits per heavy atom. The van der Waals surface area contributed by atoms with Crippen LogP contribution in [0.3, 0.4) is 0 Å². The van der Waals surface area contributed by atoms with Crippen molar-refractivity contribution in [2.75, 3.05) is 19.6 Å². The molecule has 29 heavy (non-hydrogen) atoms. The molecule has 4 rings (SSSR count). The number of furan rings is 1. The summed E-state index contributed by atoms with van der Waals surface area (Å²) >= 11 is 0. The van der Waals surface area contributed by atoms with Gasteiger partial charge in [-0.15, -0.1) is 5.10 Å². The number of likely N-dealkylation sites (tertiary alicyclic amines) is 1. The Morgan fingerprint density at radius 3 is 2.66 bits per heavy atom. The maximum Gasteiger partial charge on any atom is 0.273 e. The van der Waals surface area contributed by atoms with Crippen molar-refractivity contribution < 1.29 is 9.21 Å². The van der Waals surface area contributed by atoms with Gasteiger partial charge in [-0.25, -0.2) is 0 Å². The number of nitrogens with zero attached hydrogens (tertiary/aromatic N) is 4. The Balaban J connectivity index is 1.50. The van der Waals surface area contributed by atoms with E-state index in [0.29, 0.717) is 17.9 Å². The smallest absolute Gasteiger partial charge is 0.273 e. The van der Waals surface area contributed by atoms with Gasteiger partial charge < -0.3 is 9.73 Å². The molecule has 1 atom stereocenters. The van der Waals surface area contributed by atoms with Gasteiger partial charge in [0.2, 0.25) is 0 Å². The molecule has 0 spiro atoms. The normalized spacial score (nSPS) is 15.6. The highest BCUT2D eigenvalue weighted by Gasteiger charge is 2.27. The van der Waals surface area contributed by atoms with Crippen LogP contribution in [0.25, 0.3) is 5.69 Å². The molecule has 7 nitrogen and oxygen atoms in total. The topological polar surface area (TPSA) is 76.2 Å². The largest absolute Gasteiger partial charge is 0.468 e. The van der Waals surface area contributed by atoms with Crippen LogP contribution in [0.15, 0.2) is 41.0 Å². The molecule has 0 saturated carbocycles. The van der Waals surface area contributed by atoms with Crippen LogP contribution in [0.5, 0.6) is 0 Å². The molecule has 1 fully saturated rings. The second-order valence-corrected chi connectivity index (χ2v) is 7.70. The number of aromatic nitrogens is 3. The average Bonchev–Trinajstić information content (AvgIpc) is 3.44. The Labute approximate surface area is 170 Å². The molecular weight excluding hydrogens is 366 g/mol. The summed E-state index contributed by atoms with van der Waals surface area (Å²) in [4.78, 5) is 16.8. The first-order chi connectivity index (χ1) is 14.0. The lowest BCUT2D eigenvalue weighted by molar-refractivity contribution is 0.0927. The standard InChI is InChI=1S/C22H27N5O2/c1-15-8-9-18(16(2)13-15)27-24-17(3)21(25-27)22(28)23-14-19(20-7-6-12-29-20)26-10-4-5-11-26/h6-9,12-13,19H,4-5,10-11,14H2,1-3H3,(H,23,28)/t19-/m1/s1. The molecule has 3 aromatic rings. The first-order valence-electron chi connectivity index (χ1n) is 10.1. The van der Waals surface area contributed by atoms with Gasteiger partial charge in [0.05, 0.1) is 23.7 Å². The number of hydrogen-bond acceptors (Lipinski definition) is 5. The van der Waals surface area contributed by atoms with Crippen molar-refractivity contribution in [3.8, 4) is 5.69 Å². The maximum atomic E-state index is 12.9. The number of carbonyl (C=O) groups is 1. The number of nitrogens with one attached hydrogen (secondary N) is 1. The third-order valence-corrected chi connectivity index (χ3v) is 5.47. The molecule has 1 amide bonds. The average molecular weight is 393 g/mol. The predicted molar refractivity (Wildman–Crippen MR) is 110 cm³/mol. The number of hydrogen-bond donors (Lipinski definition) is 1. The van der Waals surface area contributed by atoms with Gasteiger partial charge in [0, 0.05) is 6.54 Å². The Hall–Kier alpha value is -2.93. The molecule has 7 heteroatoms. The summed E-state index contributed by atoms with van der Waals surface area (Å²) in [5, 5.41) is 12.0. The molecule has 1 aromatic carbocycles. The van der Waals surface area contributed by atoms with E-state index in [1.165, 1.54) is 18.4 Å². The van der Waals surface area contributed by atoms with E-state index in [4.69, 9.17) is 4.42 Å². The Kier molecular flexibility index (Phi) is 5.49. The molecule has 0 bridgehead atoms. The SMILES string of the molecule is Cc1ccc(-n2nc(C)c(C(=O)NC[C@H](c3ccco3)N3CCCC3)n2)c(C)c1. The van der Waals surface area contributed by atoms with Crippen molar-refractivity contribution in [2.24, 2.45) is 0 Å². The molecule has 0 unspecified atom stereocenters. The molecular formula is C22H27N5O2. The molecule has 1 N–H and O–H groups in total. The van der Waals surface area contributed by atoms with E-state index in [0.717, 1.165) is 30.1 Å². The van der Waals surface area contributed by atoms with E-state index in [1.807, 2.05) is 45.0 Å². The number of carbonyl (C=O) groups excluding carboxylic acids is 1. The molecule has 1 saturated heterocycles. The number of aryl methyl sites for hydroxylation is 3. The van der Waals surface area contributed by atoms with Gasteiger partial charge in [-0.2, -0.15) is 9.90 Å². The van der Waals surface area contributed by atoms with Crippen molar-refractivity contribution in [3.63, 3.8) is 0 Å². The molecule has 0 radical (unpaired) electrons. The fourth-order valence-electron chi connectivity index (χ4n) is 3.94. The highest BCUT2D eigenvalue weighted by atomic mass is 16.3. The van der Waals surface area contributed by atoms with Crippen molar-refractivity contribution in [1.29, 1.82) is 0 Å².